The number of hydrogen-bond acceptors (Lipinski definition) is 4. The Balaban J connectivity index is 1.39. The van der Waals surface area contributed by atoms with Gasteiger partial charge < -0.3 is 10.6 Å². The molecule has 2 amide bonds. The van der Waals surface area contributed by atoms with Crippen molar-refractivity contribution in [2.24, 2.45) is 5.92 Å². The fraction of sp³-hybridized carbons (Fsp3) is 0.440. The number of hydrogen-bond donors (Lipinski definition) is 2. The summed E-state index contributed by atoms with van der Waals surface area (Å²) in [4.78, 5) is 26.0. The lowest BCUT2D eigenvalue weighted by molar-refractivity contribution is -0.127. The summed E-state index contributed by atoms with van der Waals surface area (Å²) in [6, 6.07) is 17.1. The Kier molecular flexibility index (Phi) is 7.45. The molecule has 0 bridgehead atoms. The van der Waals surface area contributed by atoms with Crippen LogP contribution in [0.4, 0.5) is 0 Å². The molecule has 0 radical (unpaired) electrons. The zero-order chi connectivity index (χ0) is 23.3. The molecule has 33 heavy (non-hydrogen) atoms. The van der Waals surface area contributed by atoms with Crippen molar-refractivity contribution in [3.63, 3.8) is 0 Å². The van der Waals surface area contributed by atoms with Crippen LogP contribution in [0.25, 0.3) is 0 Å². The largest absolute Gasteiger partial charge is 0.351 e. The molecule has 3 atom stereocenters. The van der Waals surface area contributed by atoms with E-state index in [9.17, 15) is 18.0 Å². The number of sulfonamides is 1. The van der Waals surface area contributed by atoms with Gasteiger partial charge in [0.05, 0.1) is 10.8 Å². The molecule has 2 N–H and O–H groups in total. The van der Waals surface area contributed by atoms with Gasteiger partial charge in [-0.05, 0) is 49.9 Å². The van der Waals surface area contributed by atoms with E-state index in [4.69, 9.17) is 0 Å². The summed E-state index contributed by atoms with van der Waals surface area (Å²) < 4.78 is 27.4. The molecule has 2 aromatic rings. The van der Waals surface area contributed by atoms with E-state index >= 15 is 0 Å². The maximum absolute atomic E-state index is 13.1. The van der Waals surface area contributed by atoms with Gasteiger partial charge in [-0.15, -0.1) is 0 Å². The Morgan fingerprint density at radius 2 is 1.39 bits per heavy atom. The first-order valence-electron chi connectivity index (χ1n) is 11.7. The summed E-state index contributed by atoms with van der Waals surface area (Å²) in [5.41, 5.74) is 0.599. The summed E-state index contributed by atoms with van der Waals surface area (Å²) in [5.74, 6) is -0.669. The lowest BCUT2D eigenvalue weighted by Gasteiger charge is -2.36. The van der Waals surface area contributed by atoms with Crippen LogP contribution in [0.1, 0.15) is 48.9 Å². The van der Waals surface area contributed by atoms with Gasteiger partial charge in [0.1, 0.15) is 0 Å². The zero-order valence-electron chi connectivity index (χ0n) is 18.7. The molecule has 1 saturated heterocycles. The number of carbonyl (C=O) groups excluding carboxylic acids is 2. The van der Waals surface area contributed by atoms with Crippen molar-refractivity contribution in [1.29, 1.82) is 0 Å². The van der Waals surface area contributed by atoms with E-state index in [1.165, 1.54) is 4.31 Å². The second-order valence-electron chi connectivity index (χ2n) is 8.86. The third-order valence-electron chi connectivity index (χ3n) is 6.58. The highest BCUT2D eigenvalue weighted by Gasteiger charge is 2.35. The van der Waals surface area contributed by atoms with E-state index in [2.05, 4.69) is 10.6 Å². The molecule has 4 rings (SSSR count). The predicted molar refractivity (Wildman–Crippen MR) is 126 cm³/mol. The molecule has 176 valence electrons. The number of benzene rings is 2. The molecule has 1 aliphatic heterocycles. The van der Waals surface area contributed by atoms with Crippen molar-refractivity contribution in [3.05, 3.63) is 66.2 Å². The number of piperidine rings is 1. The van der Waals surface area contributed by atoms with E-state index in [0.29, 0.717) is 24.9 Å². The van der Waals surface area contributed by atoms with Gasteiger partial charge in [-0.3, -0.25) is 9.59 Å². The Hall–Kier alpha value is -2.71. The highest BCUT2D eigenvalue weighted by Crippen LogP contribution is 2.25. The summed E-state index contributed by atoms with van der Waals surface area (Å²) in [6.07, 6.45) is 4.89. The van der Waals surface area contributed by atoms with E-state index in [-0.39, 0.29) is 35.3 Å². The van der Waals surface area contributed by atoms with Gasteiger partial charge in [-0.1, -0.05) is 49.2 Å². The number of nitrogens with one attached hydrogen (secondary N) is 2. The summed E-state index contributed by atoms with van der Waals surface area (Å²) >= 11 is 0. The number of amides is 2. The van der Waals surface area contributed by atoms with E-state index in [1.54, 1.807) is 42.5 Å². The average molecular weight is 470 g/mol. The Morgan fingerprint density at radius 1 is 0.788 bits per heavy atom. The molecule has 7 nitrogen and oxygen atoms in total. The molecule has 1 heterocycles. The standard InChI is InChI=1S/C25H31N3O4S/c29-24(19-10-3-1-4-11-19)26-22-15-7-8-16-23(22)27-25(30)20-12-9-17-28(18-20)33(31,32)21-13-5-2-6-14-21/h1-6,10-11,13-14,20,22-23H,7-9,12,15-18H2,(H,26,29)(H,27,30)/t20-,22-,23-/m1/s1. The Labute approximate surface area is 195 Å². The molecule has 8 heteroatoms. The first-order valence-corrected chi connectivity index (χ1v) is 13.1. The predicted octanol–water partition coefficient (Wildman–Crippen LogP) is 2.94. The molecule has 2 fully saturated rings. The minimum Gasteiger partial charge on any atom is -0.351 e. The molecule has 0 unspecified atom stereocenters. The van der Waals surface area contributed by atoms with Crippen LogP contribution in [0, 0.1) is 5.92 Å². The van der Waals surface area contributed by atoms with Crippen LogP contribution in [0.15, 0.2) is 65.6 Å². The van der Waals surface area contributed by atoms with E-state index in [0.717, 1.165) is 25.7 Å². The molecule has 0 spiro atoms. The molecule has 2 aromatic carbocycles. The molecule has 0 aromatic heterocycles. The molecule has 1 saturated carbocycles. The topological polar surface area (TPSA) is 95.6 Å². The maximum Gasteiger partial charge on any atom is 0.251 e. The fourth-order valence-corrected chi connectivity index (χ4v) is 6.28. The van der Waals surface area contributed by atoms with Crippen LogP contribution >= 0.6 is 0 Å². The maximum atomic E-state index is 13.1. The average Bonchev–Trinajstić information content (AvgIpc) is 2.86. The summed E-state index contributed by atoms with van der Waals surface area (Å²) in [5, 5.41) is 6.22. The van der Waals surface area contributed by atoms with Crippen LogP contribution in [-0.2, 0) is 14.8 Å². The minimum absolute atomic E-state index is 0.131. The quantitative estimate of drug-likeness (QED) is 0.680. The van der Waals surface area contributed by atoms with Gasteiger partial charge in [0.15, 0.2) is 0 Å². The van der Waals surface area contributed by atoms with Crippen molar-refractivity contribution in [2.45, 2.75) is 55.5 Å². The second-order valence-corrected chi connectivity index (χ2v) is 10.8. The number of nitrogens with zero attached hydrogens (tertiary/aromatic N) is 1. The number of carbonyl (C=O) groups is 2. The van der Waals surface area contributed by atoms with Gasteiger partial charge in [0.25, 0.3) is 5.91 Å². The first-order chi connectivity index (χ1) is 15.9. The van der Waals surface area contributed by atoms with Gasteiger partial charge in [-0.25, -0.2) is 8.42 Å². The molecule has 2 aliphatic rings. The van der Waals surface area contributed by atoms with Gasteiger partial charge in [0, 0.05) is 30.7 Å². The van der Waals surface area contributed by atoms with E-state index < -0.39 is 15.9 Å². The summed E-state index contributed by atoms with van der Waals surface area (Å²) in [7, 11) is -3.62. The van der Waals surface area contributed by atoms with Crippen LogP contribution in [-0.4, -0.2) is 49.7 Å². The van der Waals surface area contributed by atoms with Crippen LogP contribution in [0.3, 0.4) is 0 Å². The highest BCUT2D eigenvalue weighted by molar-refractivity contribution is 7.89. The van der Waals surface area contributed by atoms with Crippen molar-refractivity contribution in [3.8, 4) is 0 Å². The minimum atomic E-state index is -3.62. The van der Waals surface area contributed by atoms with Crippen molar-refractivity contribution >= 4 is 21.8 Å². The number of rotatable bonds is 6. The van der Waals surface area contributed by atoms with Crippen molar-refractivity contribution in [2.75, 3.05) is 13.1 Å². The fourth-order valence-electron chi connectivity index (χ4n) is 4.73. The summed E-state index contributed by atoms with van der Waals surface area (Å²) in [6.45, 7) is 0.594. The van der Waals surface area contributed by atoms with Crippen LogP contribution in [0.5, 0.6) is 0 Å². The lowest BCUT2D eigenvalue weighted by Crippen LogP contribution is -2.55. The van der Waals surface area contributed by atoms with Crippen molar-refractivity contribution < 1.29 is 18.0 Å². The highest BCUT2D eigenvalue weighted by atomic mass is 32.2. The Bertz CT molecular complexity index is 1060. The first kappa shape index (κ1) is 23.4. The lowest BCUT2D eigenvalue weighted by atomic mass is 9.89. The molecular weight excluding hydrogens is 438 g/mol. The Morgan fingerprint density at radius 3 is 2.06 bits per heavy atom. The molecular formula is C25H31N3O4S. The monoisotopic (exact) mass is 469 g/mol. The normalized spacial score (nSPS) is 24.1. The van der Waals surface area contributed by atoms with Crippen LogP contribution in [0.2, 0.25) is 0 Å². The SMILES string of the molecule is O=C(N[C@@H]1CCCC[C@H]1NC(=O)[C@@H]1CCCN(S(=O)(=O)c2ccccc2)C1)c1ccccc1. The smallest absolute Gasteiger partial charge is 0.251 e. The van der Waals surface area contributed by atoms with Gasteiger partial charge in [-0.2, -0.15) is 4.31 Å². The van der Waals surface area contributed by atoms with Crippen LogP contribution < -0.4 is 10.6 Å². The van der Waals surface area contributed by atoms with E-state index in [1.807, 2.05) is 18.2 Å². The molecule has 1 aliphatic carbocycles. The van der Waals surface area contributed by atoms with Gasteiger partial charge >= 0.3 is 0 Å². The third kappa shape index (κ3) is 5.62. The second kappa shape index (κ2) is 10.5. The van der Waals surface area contributed by atoms with Crippen molar-refractivity contribution in [1.82, 2.24) is 14.9 Å². The van der Waals surface area contributed by atoms with Gasteiger partial charge in [0.2, 0.25) is 15.9 Å². The zero-order valence-corrected chi connectivity index (χ0v) is 19.5. The third-order valence-corrected chi connectivity index (χ3v) is 8.46.